The number of benzene rings is 2. The third kappa shape index (κ3) is 4.91. The second-order valence-electron chi connectivity index (χ2n) is 9.44. The van der Waals surface area contributed by atoms with E-state index in [0.29, 0.717) is 16.1 Å². The summed E-state index contributed by atoms with van der Waals surface area (Å²) in [6.45, 7) is 4.32. The molecule has 0 spiro atoms. The minimum atomic E-state index is -0.0742. The van der Waals surface area contributed by atoms with Crippen LogP contribution in [-0.2, 0) is 16.1 Å². The van der Waals surface area contributed by atoms with E-state index >= 15 is 0 Å². The second-order valence-corrected chi connectivity index (χ2v) is 10.4. The summed E-state index contributed by atoms with van der Waals surface area (Å²) >= 11 is 1.38. The van der Waals surface area contributed by atoms with Crippen molar-refractivity contribution in [1.82, 2.24) is 14.8 Å². The maximum atomic E-state index is 13.1. The van der Waals surface area contributed by atoms with Gasteiger partial charge in [0.05, 0.1) is 10.6 Å². The van der Waals surface area contributed by atoms with Gasteiger partial charge in [0.15, 0.2) is 5.17 Å². The first-order valence-electron chi connectivity index (χ1n) is 12.1. The van der Waals surface area contributed by atoms with Gasteiger partial charge in [0.2, 0.25) is 5.91 Å². The summed E-state index contributed by atoms with van der Waals surface area (Å²) in [7, 11) is 1.76. The van der Waals surface area contributed by atoms with Crippen molar-refractivity contribution in [2.75, 3.05) is 7.05 Å². The molecule has 7 heteroatoms. The Morgan fingerprint density at radius 3 is 2.74 bits per heavy atom. The van der Waals surface area contributed by atoms with Crippen LogP contribution in [0.25, 0.3) is 17.0 Å². The van der Waals surface area contributed by atoms with Crippen LogP contribution < -0.4 is 5.32 Å². The maximum absolute atomic E-state index is 13.1. The average molecular weight is 487 g/mol. The van der Waals surface area contributed by atoms with E-state index in [-0.39, 0.29) is 18.4 Å². The van der Waals surface area contributed by atoms with Gasteiger partial charge in [0, 0.05) is 35.8 Å². The number of carbonyl (C=O) groups excluding carboxylic acids is 2. The van der Waals surface area contributed by atoms with Crippen LogP contribution in [0, 0.1) is 13.8 Å². The molecule has 2 heterocycles. The molecule has 180 valence electrons. The van der Waals surface area contributed by atoms with Gasteiger partial charge >= 0.3 is 0 Å². The van der Waals surface area contributed by atoms with Crippen LogP contribution in [0.1, 0.15) is 42.4 Å². The van der Waals surface area contributed by atoms with Crippen LogP contribution in [0.3, 0.4) is 0 Å². The number of rotatable bonds is 5. The largest absolute Gasteiger partial charge is 0.352 e. The lowest BCUT2D eigenvalue weighted by Gasteiger charge is -2.12. The van der Waals surface area contributed by atoms with Gasteiger partial charge in [-0.1, -0.05) is 43.2 Å². The Kier molecular flexibility index (Phi) is 6.52. The number of thioether (sulfide) groups is 1. The Balaban J connectivity index is 1.43. The number of amides is 2. The lowest BCUT2D eigenvalue weighted by molar-refractivity contribution is -0.122. The van der Waals surface area contributed by atoms with Crippen molar-refractivity contribution in [2.24, 2.45) is 4.99 Å². The third-order valence-electron chi connectivity index (χ3n) is 6.72. The number of carbonyl (C=O) groups is 2. The molecule has 6 nitrogen and oxygen atoms in total. The number of amidine groups is 1. The first kappa shape index (κ1) is 23.4. The zero-order valence-electron chi connectivity index (χ0n) is 20.4. The molecule has 1 aliphatic heterocycles. The summed E-state index contributed by atoms with van der Waals surface area (Å²) in [5.74, 6) is -0.0410. The van der Waals surface area contributed by atoms with Crippen molar-refractivity contribution in [3.8, 4) is 0 Å². The normalized spacial score (nSPS) is 18.9. The van der Waals surface area contributed by atoms with E-state index < -0.39 is 0 Å². The number of nitrogens with zero attached hydrogens (tertiary/aromatic N) is 3. The lowest BCUT2D eigenvalue weighted by Crippen LogP contribution is -2.35. The average Bonchev–Trinajstić information content (AvgIpc) is 3.53. The molecule has 2 aromatic carbocycles. The van der Waals surface area contributed by atoms with Crippen LogP contribution in [-0.4, -0.2) is 39.5 Å². The van der Waals surface area contributed by atoms with E-state index in [0.717, 1.165) is 46.1 Å². The number of para-hydroxylation sites is 1. The van der Waals surface area contributed by atoms with Crippen molar-refractivity contribution in [2.45, 2.75) is 52.1 Å². The van der Waals surface area contributed by atoms with Gasteiger partial charge in [-0.25, -0.2) is 4.99 Å². The van der Waals surface area contributed by atoms with Gasteiger partial charge in [-0.05, 0) is 67.8 Å². The van der Waals surface area contributed by atoms with Crippen LogP contribution >= 0.6 is 11.8 Å². The molecule has 0 atom stereocenters. The van der Waals surface area contributed by atoms with E-state index in [2.05, 4.69) is 11.4 Å². The monoisotopic (exact) mass is 486 g/mol. The van der Waals surface area contributed by atoms with Gasteiger partial charge in [-0.3, -0.25) is 14.5 Å². The molecule has 1 saturated heterocycles. The minimum absolute atomic E-state index is 0.0332. The van der Waals surface area contributed by atoms with Crippen molar-refractivity contribution < 1.29 is 9.59 Å². The second kappa shape index (κ2) is 9.74. The maximum Gasteiger partial charge on any atom is 0.266 e. The molecule has 0 bridgehead atoms. The van der Waals surface area contributed by atoms with E-state index in [1.165, 1.54) is 24.6 Å². The van der Waals surface area contributed by atoms with Gasteiger partial charge in [0.25, 0.3) is 5.91 Å². The van der Waals surface area contributed by atoms with Crippen LogP contribution in [0.2, 0.25) is 0 Å². The topological polar surface area (TPSA) is 66.7 Å². The molecule has 0 radical (unpaired) electrons. The highest BCUT2D eigenvalue weighted by molar-refractivity contribution is 8.18. The third-order valence-corrected chi connectivity index (χ3v) is 7.78. The fourth-order valence-electron chi connectivity index (χ4n) is 4.75. The first-order valence-corrected chi connectivity index (χ1v) is 12.9. The van der Waals surface area contributed by atoms with E-state index in [1.807, 2.05) is 67.1 Å². The molecule has 2 amide bonds. The van der Waals surface area contributed by atoms with Crippen LogP contribution in [0.5, 0.6) is 0 Å². The molecule has 1 aromatic heterocycles. The summed E-state index contributed by atoms with van der Waals surface area (Å²) < 4.78 is 1.98. The van der Waals surface area contributed by atoms with Gasteiger partial charge in [-0.15, -0.1) is 0 Å². The summed E-state index contributed by atoms with van der Waals surface area (Å²) in [4.78, 5) is 32.8. The van der Waals surface area contributed by atoms with E-state index in [4.69, 9.17) is 4.99 Å². The Morgan fingerprint density at radius 2 is 1.94 bits per heavy atom. The predicted octanol–water partition coefficient (Wildman–Crippen LogP) is 5.55. The Bertz CT molecular complexity index is 1360. The quantitative estimate of drug-likeness (QED) is 0.481. The summed E-state index contributed by atoms with van der Waals surface area (Å²) in [6.07, 6.45) is 8.39. The number of aliphatic imine (C=N–C) groups is 1. The Morgan fingerprint density at radius 1 is 1.17 bits per heavy atom. The van der Waals surface area contributed by atoms with E-state index in [1.54, 1.807) is 11.9 Å². The number of nitrogens with one attached hydrogen (secondary N) is 1. The zero-order valence-corrected chi connectivity index (χ0v) is 21.2. The highest BCUT2D eigenvalue weighted by Crippen LogP contribution is 2.35. The number of hydrogen-bond acceptors (Lipinski definition) is 4. The molecule has 1 aliphatic carbocycles. The minimum Gasteiger partial charge on any atom is -0.352 e. The molecule has 1 saturated carbocycles. The van der Waals surface area contributed by atoms with Gasteiger partial charge < -0.3 is 9.88 Å². The smallest absolute Gasteiger partial charge is 0.266 e. The fourth-order valence-corrected chi connectivity index (χ4v) is 5.73. The Labute approximate surface area is 210 Å². The molecule has 2 aliphatic rings. The molecule has 5 rings (SSSR count). The summed E-state index contributed by atoms with van der Waals surface area (Å²) in [6, 6.07) is 14.4. The molecule has 3 aromatic rings. The number of aromatic nitrogens is 1. The fraction of sp³-hybridized carbons (Fsp3) is 0.321. The molecule has 0 unspecified atom stereocenters. The van der Waals surface area contributed by atoms with Crippen molar-refractivity contribution >= 4 is 51.4 Å². The summed E-state index contributed by atoms with van der Waals surface area (Å²) in [5, 5.41) is 4.85. The van der Waals surface area contributed by atoms with Crippen molar-refractivity contribution in [3.05, 3.63) is 70.3 Å². The van der Waals surface area contributed by atoms with Gasteiger partial charge in [-0.2, -0.15) is 0 Å². The van der Waals surface area contributed by atoms with Crippen LogP contribution in [0.15, 0.2) is 58.6 Å². The molecule has 2 fully saturated rings. The SMILES string of the molecule is Cc1ccc(C)c(N=C2SC(=Cc3cn(CC(=O)NC4CCCC4)c4ccccc34)C(=O)N2C)c1. The van der Waals surface area contributed by atoms with Crippen molar-refractivity contribution in [3.63, 3.8) is 0 Å². The molecule has 35 heavy (non-hydrogen) atoms. The molecule has 1 N–H and O–H groups in total. The summed E-state index contributed by atoms with van der Waals surface area (Å²) in [5.41, 5.74) is 4.98. The van der Waals surface area contributed by atoms with E-state index in [9.17, 15) is 9.59 Å². The van der Waals surface area contributed by atoms with Crippen molar-refractivity contribution in [1.29, 1.82) is 0 Å². The number of fused-ring (bicyclic) bond motifs is 1. The lowest BCUT2D eigenvalue weighted by atomic mass is 10.1. The molecular formula is C28H30N4O2S. The number of hydrogen-bond donors (Lipinski definition) is 1. The first-order chi connectivity index (χ1) is 16.9. The highest BCUT2D eigenvalue weighted by Gasteiger charge is 2.31. The predicted molar refractivity (Wildman–Crippen MR) is 144 cm³/mol. The Hall–Kier alpha value is -3.32. The molecular weight excluding hydrogens is 456 g/mol. The zero-order chi connectivity index (χ0) is 24.5. The number of aryl methyl sites for hydroxylation is 2. The van der Waals surface area contributed by atoms with Crippen LogP contribution in [0.4, 0.5) is 5.69 Å². The number of likely N-dealkylation sites (N-methyl/N-ethyl adjacent to an activating group) is 1. The standard InChI is InChI=1S/C28H30N4O2S/c1-18-12-13-19(2)23(14-18)30-28-31(3)27(34)25(35-28)15-20-16-32(24-11-7-6-10-22(20)24)17-26(33)29-21-8-4-5-9-21/h6-7,10-16,21H,4-5,8-9,17H2,1-3H3,(H,29,33). The highest BCUT2D eigenvalue weighted by atomic mass is 32.2. The van der Waals surface area contributed by atoms with Gasteiger partial charge in [0.1, 0.15) is 6.54 Å².